The van der Waals surface area contributed by atoms with Gasteiger partial charge >= 0.3 is 12.1 Å². The van der Waals surface area contributed by atoms with Crippen LogP contribution in [0.1, 0.15) is 33.6 Å². The second-order valence-corrected chi connectivity index (χ2v) is 8.18. The molecule has 2 atom stereocenters. The first-order valence-corrected chi connectivity index (χ1v) is 8.92. The molecule has 0 bridgehead atoms. The molecule has 0 aromatic carbocycles. The molecule has 10 heteroatoms. The van der Waals surface area contributed by atoms with E-state index < -0.39 is 33.4 Å². The minimum Gasteiger partial charge on any atom is -0.480 e. The van der Waals surface area contributed by atoms with Crippen molar-refractivity contribution in [1.82, 2.24) is 10.0 Å². The zero-order chi connectivity index (χ0) is 17.7. The van der Waals surface area contributed by atoms with E-state index in [1.54, 1.807) is 20.8 Å². The Labute approximate surface area is 135 Å². The van der Waals surface area contributed by atoms with Crippen molar-refractivity contribution in [3.8, 4) is 0 Å². The second-order valence-electron chi connectivity index (χ2n) is 6.38. The Morgan fingerprint density at radius 2 is 1.96 bits per heavy atom. The lowest BCUT2D eigenvalue weighted by Gasteiger charge is -2.30. The molecule has 1 aliphatic heterocycles. The van der Waals surface area contributed by atoms with Crippen LogP contribution in [0.25, 0.3) is 0 Å². The van der Waals surface area contributed by atoms with Crippen molar-refractivity contribution in [1.29, 1.82) is 0 Å². The fourth-order valence-corrected chi connectivity index (χ4v) is 2.86. The quantitative estimate of drug-likeness (QED) is 0.616. The molecule has 1 heterocycles. The number of alkyl carbamates (subject to hydrolysis) is 1. The Bertz CT molecular complexity index is 519. The lowest BCUT2D eigenvalue weighted by molar-refractivity contribution is -0.134. The molecule has 0 aliphatic carbocycles. The lowest BCUT2D eigenvalue weighted by atomic mass is 10.1. The van der Waals surface area contributed by atoms with E-state index >= 15 is 0 Å². The molecule has 1 aliphatic rings. The second kappa shape index (κ2) is 7.93. The number of rotatable bonds is 6. The van der Waals surface area contributed by atoms with Crippen molar-refractivity contribution in [2.24, 2.45) is 0 Å². The van der Waals surface area contributed by atoms with Gasteiger partial charge in [0, 0.05) is 6.54 Å². The first kappa shape index (κ1) is 19.7. The monoisotopic (exact) mass is 352 g/mol. The fraction of sp³-hybridized carbons (Fsp3) is 0.846. The molecule has 9 nitrogen and oxygen atoms in total. The Morgan fingerprint density at radius 1 is 1.30 bits per heavy atom. The number of sulfonamides is 1. The Balaban J connectivity index is 2.30. The van der Waals surface area contributed by atoms with Crippen molar-refractivity contribution < 1.29 is 32.6 Å². The fourth-order valence-electron chi connectivity index (χ4n) is 1.99. The molecular formula is C13H24N2O7S. The van der Waals surface area contributed by atoms with Gasteiger partial charge in [0.15, 0.2) is 5.75 Å². The third-order valence-electron chi connectivity index (χ3n) is 2.94. The van der Waals surface area contributed by atoms with Crippen LogP contribution in [0.4, 0.5) is 4.79 Å². The van der Waals surface area contributed by atoms with Crippen molar-refractivity contribution in [2.75, 3.05) is 18.9 Å². The Hall–Kier alpha value is -1.39. The van der Waals surface area contributed by atoms with E-state index in [0.29, 0.717) is 12.8 Å². The van der Waals surface area contributed by atoms with E-state index in [0.717, 1.165) is 0 Å². The number of nitrogens with one attached hydrogen (secondary N) is 2. The van der Waals surface area contributed by atoms with E-state index in [1.807, 2.05) is 0 Å². The first-order valence-electron chi connectivity index (χ1n) is 7.27. The van der Waals surface area contributed by atoms with Crippen molar-refractivity contribution in [3.63, 3.8) is 0 Å². The van der Waals surface area contributed by atoms with Gasteiger partial charge in [-0.3, -0.25) is 4.79 Å². The molecule has 23 heavy (non-hydrogen) atoms. The molecule has 134 valence electrons. The number of amides is 1. The van der Waals surface area contributed by atoms with Crippen molar-refractivity contribution >= 4 is 22.1 Å². The average molecular weight is 352 g/mol. The standard InChI is InChI=1S/C13H24N2O7S/c1-13(2,3)22-12(18)15-9-4-5-10(21-7-9)6-14-23(19,20)8-11(16)17/h9-10,14H,4-8H2,1-3H3,(H,15,18)(H,16,17)/t9-,10+/m1/s1. The summed E-state index contributed by atoms with van der Waals surface area (Å²) in [7, 11) is -3.85. The van der Waals surface area contributed by atoms with Crippen molar-refractivity contribution in [3.05, 3.63) is 0 Å². The van der Waals surface area contributed by atoms with Gasteiger partial charge in [-0.1, -0.05) is 0 Å². The smallest absolute Gasteiger partial charge is 0.407 e. The number of carboxylic acids is 1. The summed E-state index contributed by atoms with van der Waals surface area (Å²) in [4.78, 5) is 22.0. The van der Waals surface area contributed by atoms with Gasteiger partial charge in [0.05, 0.1) is 18.8 Å². The number of carbonyl (C=O) groups is 2. The van der Waals surface area contributed by atoms with Crippen LogP contribution in [0.2, 0.25) is 0 Å². The van der Waals surface area contributed by atoms with Gasteiger partial charge in [-0.2, -0.15) is 0 Å². The third kappa shape index (κ3) is 8.72. The number of carboxylic acid groups (broad SMARTS) is 1. The van der Waals surface area contributed by atoms with E-state index in [1.165, 1.54) is 0 Å². The highest BCUT2D eigenvalue weighted by atomic mass is 32.2. The van der Waals surface area contributed by atoms with Crippen LogP contribution >= 0.6 is 0 Å². The summed E-state index contributed by atoms with van der Waals surface area (Å²) in [5.74, 6) is -2.38. The topological polar surface area (TPSA) is 131 Å². The number of hydrogen-bond donors (Lipinski definition) is 3. The number of aliphatic carboxylic acids is 1. The highest BCUT2D eigenvalue weighted by Gasteiger charge is 2.26. The first-order chi connectivity index (χ1) is 10.5. The number of hydrogen-bond acceptors (Lipinski definition) is 6. The lowest BCUT2D eigenvalue weighted by Crippen LogP contribution is -2.47. The van der Waals surface area contributed by atoms with E-state index in [9.17, 15) is 18.0 Å². The highest BCUT2D eigenvalue weighted by Crippen LogP contribution is 2.14. The van der Waals surface area contributed by atoms with Crippen LogP contribution in [0.5, 0.6) is 0 Å². The summed E-state index contributed by atoms with van der Waals surface area (Å²) in [6.45, 7) is 5.55. The predicted molar refractivity (Wildman–Crippen MR) is 81.6 cm³/mol. The molecule has 1 amide bonds. The van der Waals surface area contributed by atoms with Crippen LogP contribution in [0, 0.1) is 0 Å². The molecule has 0 unspecified atom stereocenters. The Kier molecular flexibility index (Phi) is 6.78. The minimum atomic E-state index is -3.85. The number of ether oxygens (including phenoxy) is 2. The van der Waals surface area contributed by atoms with Gasteiger partial charge in [0.1, 0.15) is 5.60 Å². The molecular weight excluding hydrogens is 328 g/mol. The maximum atomic E-state index is 11.6. The van der Waals surface area contributed by atoms with Crippen LogP contribution in [0.15, 0.2) is 0 Å². The summed E-state index contributed by atoms with van der Waals surface area (Å²) in [6, 6.07) is -0.197. The largest absolute Gasteiger partial charge is 0.480 e. The van der Waals surface area contributed by atoms with Gasteiger partial charge in [-0.25, -0.2) is 17.9 Å². The molecule has 3 N–H and O–H groups in total. The molecule has 1 rings (SSSR count). The average Bonchev–Trinajstić information content (AvgIpc) is 2.34. The maximum Gasteiger partial charge on any atom is 0.407 e. The van der Waals surface area contributed by atoms with Crippen LogP contribution < -0.4 is 10.0 Å². The zero-order valence-corrected chi connectivity index (χ0v) is 14.3. The zero-order valence-electron chi connectivity index (χ0n) is 13.5. The highest BCUT2D eigenvalue weighted by molar-refractivity contribution is 7.90. The molecule has 0 spiro atoms. The number of carbonyl (C=O) groups excluding carboxylic acids is 1. The SMILES string of the molecule is CC(C)(C)OC(=O)N[C@@H]1CC[C@@H](CNS(=O)(=O)CC(=O)O)OC1. The maximum absolute atomic E-state index is 11.6. The van der Waals surface area contributed by atoms with E-state index in [2.05, 4.69) is 10.0 Å². The Morgan fingerprint density at radius 3 is 2.43 bits per heavy atom. The van der Waals surface area contributed by atoms with E-state index in [4.69, 9.17) is 14.6 Å². The predicted octanol–water partition coefficient (Wildman–Crippen LogP) is 0.0627. The summed E-state index contributed by atoms with van der Waals surface area (Å²) in [6.07, 6.45) is 0.280. The van der Waals surface area contributed by atoms with Gasteiger partial charge in [0.2, 0.25) is 10.0 Å². The van der Waals surface area contributed by atoms with Gasteiger partial charge in [-0.15, -0.1) is 0 Å². The van der Waals surface area contributed by atoms with Gasteiger partial charge in [0.25, 0.3) is 0 Å². The molecule has 0 aromatic heterocycles. The minimum absolute atomic E-state index is 0.00870. The molecule has 1 fully saturated rings. The van der Waals surface area contributed by atoms with Crippen LogP contribution in [0.3, 0.4) is 0 Å². The van der Waals surface area contributed by atoms with Crippen molar-refractivity contribution in [2.45, 2.75) is 51.4 Å². The van der Waals surface area contributed by atoms with Gasteiger partial charge in [-0.05, 0) is 33.6 Å². The normalized spacial score (nSPS) is 22.4. The summed E-state index contributed by atoms with van der Waals surface area (Å²) >= 11 is 0. The molecule has 0 radical (unpaired) electrons. The summed E-state index contributed by atoms with van der Waals surface area (Å²) in [5, 5.41) is 11.2. The van der Waals surface area contributed by atoms with E-state index in [-0.39, 0.29) is 25.3 Å². The van der Waals surface area contributed by atoms with Gasteiger partial charge < -0.3 is 19.9 Å². The van der Waals surface area contributed by atoms with Crippen LogP contribution in [-0.4, -0.2) is 62.2 Å². The third-order valence-corrected chi connectivity index (χ3v) is 4.17. The summed E-state index contributed by atoms with van der Waals surface area (Å²) in [5.41, 5.74) is -0.579. The molecule has 0 aromatic rings. The molecule has 0 saturated carbocycles. The molecule has 1 saturated heterocycles. The van der Waals surface area contributed by atoms with Crippen LogP contribution in [-0.2, 0) is 24.3 Å². The summed E-state index contributed by atoms with van der Waals surface area (Å²) < 4.78 is 35.6.